The summed E-state index contributed by atoms with van der Waals surface area (Å²) in [5.41, 5.74) is 0.907. The second-order valence-corrected chi connectivity index (χ2v) is 10.0. The smallest absolute Gasteiger partial charge is 0.270 e. The molecule has 10 heteroatoms. The van der Waals surface area contributed by atoms with Crippen LogP contribution >= 0.6 is 22.7 Å². The number of rotatable bonds is 9. The zero-order valence-electron chi connectivity index (χ0n) is 20.0. The standard InChI is InChI=1S/C25H29N3O5S2/c1-31-20-7-6-18(21(32-2)22(20)33-3)25(30)28-12-9-16(10-13-28)24-27-19(15-35-24)23(29)26-11-8-17-5-4-14-34-17/h4-7,14-16H,8-13H2,1-3H3,(H,26,29). The van der Waals surface area contributed by atoms with Gasteiger partial charge in [-0.25, -0.2) is 4.98 Å². The number of benzene rings is 1. The Balaban J connectivity index is 1.34. The Labute approximate surface area is 212 Å². The number of hydrogen-bond donors (Lipinski definition) is 1. The molecule has 8 nitrogen and oxygen atoms in total. The zero-order valence-corrected chi connectivity index (χ0v) is 21.7. The molecule has 1 saturated heterocycles. The highest BCUT2D eigenvalue weighted by Gasteiger charge is 2.29. The van der Waals surface area contributed by atoms with E-state index >= 15 is 0 Å². The topological polar surface area (TPSA) is 90.0 Å². The van der Waals surface area contributed by atoms with Crippen LogP contribution in [-0.2, 0) is 6.42 Å². The number of likely N-dealkylation sites (tertiary alicyclic amines) is 1. The van der Waals surface area contributed by atoms with Crippen molar-refractivity contribution >= 4 is 34.5 Å². The molecule has 0 unspecified atom stereocenters. The average molecular weight is 516 g/mol. The lowest BCUT2D eigenvalue weighted by molar-refractivity contribution is 0.0708. The van der Waals surface area contributed by atoms with Gasteiger partial charge >= 0.3 is 0 Å². The average Bonchev–Trinajstić information content (AvgIpc) is 3.60. The van der Waals surface area contributed by atoms with Crippen LogP contribution in [0.25, 0.3) is 0 Å². The molecule has 35 heavy (non-hydrogen) atoms. The molecule has 3 heterocycles. The molecule has 2 amide bonds. The maximum absolute atomic E-state index is 13.3. The van der Waals surface area contributed by atoms with Crippen molar-refractivity contribution in [1.82, 2.24) is 15.2 Å². The second-order valence-electron chi connectivity index (χ2n) is 8.10. The van der Waals surface area contributed by atoms with Gasteiger partial charge < -0.3 is 24.4 Å². The number of ether oxygens (including phenoxy) is 3. The van der Waals surface area contributed by atoms with E-state index in [1.807, 2.05) is 21.7 Å². The first-order valence-electron chi connectivity index (χ1n) is 11.4. The van der Waals surface area contributed by atoms with Gasteiger partial charge in [0, 0.05) is 35.8 Å². The Kier molecular flexibility index (Phi) is 8.25. The molecule has 0 bridgehead atoms. The highest BCUT2D eigenvalue weighted by atomic mass is 32.1. The number of carbonyl (C=O) groups excluding carboxylic acids is 2. The van der Waals surface area contributed by atoms with Crippen LogP contribution in [-0.4, -0.2) is 62.7 Å². The fourth-order valence-corrected chi connectivity index (χ4v) is 5.87. The molecule has 1 aliphatic heterocycles. The van der Waals surface area contributed by atoms with E-state index in [1.54, 1.807) is 30.6 Å². The quantitative estimate of drug-likeness (QED) is 0.459. The van der Waals surface area contributed by atoms with Crippen molar-refractivity contribution in [3.05, 3.63) is 56.2 Å². The fourth-order valence-electron chi connectivity index (χ4n) is 4.19. The first kappa shape index (κ1) is 25.0. The predicted octanol–water partition coefficient (Wildman–Crippen LogP) is 4.22. The number of thiazole rings is 1. The number of nitrogens with one attached hydrogen (secondary N) is 1. The number of piperidine rings is 1. The van der Waals surface area contributed by atoms with Gasteiger partial charge in [0.2, 0.25) is 5.75 Å². The van der Waals surface area contributed by atoms with Gasteiger partial charge in [-0.3, -0.25) is 9.59 Å². The molecule has 1 aliphatic rings. The van der Waals surface area contributed by atoms with Crippen molar-refractivity contribution in [2.45, 2.75) is 25.2 Å². The number of methoxy groups -OCH3 is 3. The van der Waals surface area contributed by atoms with Gasteiger partial charge in [0.25, 0.3) is 11.8 Å². The van der Waals surface area contributed by atoms with Crippen LogP contribution in [0, 0.1) is 0 Å². The van der Waals surface area contributed by atoms with E-state index in [9.17, 15) is 9.59 Å². The van der Waals surface area contributed by atoms with Crippen molar-refractivity contribution in [3.63, 3.8) is 0 Å². The summed E-state index contributed by atoms with van der Waals surface area (Å²) in [6.45, 7) is 1.79. The maximum Gasteiger partial charge on any atom is 0.270 e. The van der Waals surface area contributed by atoms with Crippen molar-refractivity contribution in [3.8, 4) is 17.2 Å². The van der Waals surface area contributed by atoms with E-state index in [0.29, 0.717) is 48.1 Å². The van der Waals surface area contributed by atoms with E-state index in [0.717, 1.165) is 24.3 Å². The highest BCUT2D eigenvalue weighted by Crippen LogP contribution is 2.40. The lowest BCUT2D eigenvalue weighted by atomic mass is 9.97. The van der Waals surface area contributed by atoms with Crippen LogP contribution in [0.3, 0.4) is 0 Å². The van der Waals surface area contributed by atoms with E-state index in [1.165, 1.54) is 30.4 Å². The summed E-state index contributed by atoms with van der Waals surface area (Å²) >= 11 is 3.20. The zero-order chi connectivity index (χ0) is 24.8. The van der Waals surface area contributed by atoms with Gasteiger partial charge in [0.05, 0.1) is 31.9 Å². The number of aromatic nitrogens is 1. The number of amides is 2. The number of carbonyl (C=O) groups is 2. The van der Waals surface area contributed by atoms with E-state index in [4.69, 9.17) is 14.2 Å². The first-order valence-corrected chi connectivity index (χ1v) is 13.2. The lowest BCUT2D eigenvalue weighted by Crippen LogP contribution is -2.38. The normalized spacial score (nSPS) is 14.0. The first-order chi connectivity index (χ1) is 17.0. The van der Waals surface area contributed by atoms with Gasteiger partial charge in [-0.2, -0.15) is 0 Å². The van der Waals surface area contributed by atoms with Crippen LogP contribution in [0.5, 0.6) is 17.2 Å². The third kappa shape index (κ3) is 5.59. The SMILES string of the molecule is COc1ccc(C(=O)N2CCC(c3nc(C(=O)NCCc4cccs4)cs3)CC2)c(OC)c1OC. The molecule has 2 aromatic heterocycles. The minimum absolute atomic E-state index is 0.105. The summed E-state index contributed by atoms with van der Waals surface area (Å²) in [5, 5.41) is 7.75. The van der Waals surface area contributed by atoms with Crippen LogP contribution in [0.4, 0.5) is 0 Å². The van der Waals surface area contributed by atoms with Crippen LogP contribution in [0.2, 0.25) is 0 Å². The fraction of sp³-hybridized carbons (Fsp3) is 0.400. The summed E-state index contributed by atoms with van der Waals surface area (Å²) < 4.78 is 16.2. The van der Waals surface area contributed by atoms with Crippen LogP contribution in [0.1, 0.15) is 49.5 Å². The number of hydrogen-bond acceptors (Lipinski definition) is 8. The maximum atomic E-state index is 13.3. The molecule has 3 aromatic rings. The van der Waals surface area contributed by atoms with Crippen molar-refractivity contribution < 1.29 is 23.8 Å². The van der Waals surface area contributed by atoms with Crippen molar-refractivity contribution in [2.75, 3.05) is 41.0 Å². The summed E-state index contributed by atoms with van der Waals surface area (Å²) in [4.78, 5) is 33.4. The number of thiophene rings is 1. The Morgan fingerprint density at radius 1 is 1.06 bits per heavy atom. The monoisotopic (exact) mass is 515 g/mol. The van der Waals surface area contributed by atoms with E-state index in [-0.39, 0.29) is 17.7 Å². The lowest BCUT2D eigenvalue weighted by Gasteiger charge is -2.31. The summed E-state index contributed by atoms with van der Waals surface area (Å²) in [6.07, 6.45) is 2.39. The van der Waals surface area contributed by atoms with Gasteiger partial charge in [-0.1, -0.05) is 6.07 Å². The molecule has 1 aromatic carbocycles. The van der Waals surface area contributed by atoms with Crippen LogP contribution < -0.4 is 19.5 Å². The third-order valence-electron chi connectivity index (χ3n) is 6.06. The van der Waals surface area contributed by atoms with Crippen molar-refractivity contribution in [2.24, 2.45) is 0 Å². The summed E-state index contributed by atoms with van der Waals surface area (Å²) in [5.74, 6) is 1.26. The minimum atomic E-state index is -0.141. The minimum Gasteiger partial charge on any atom is -0.493 e. The molecular formula is C25H29N3O5S2. The Morgan fingerprint density at radius 2 is 1.83 bits per heavy atom. The summed E-state index contributed by atoms with van der Waals surface area (Å²) in [6, 6.07) is 7.50. The van der Waals surface area contributed by atoms with Crippen molar-refractivity contribution in [1.29, 1.82) is 0 Å². The molecule has 4 rings (SSSR count). The Bertz CT molecular complexity index is 1150. The van der Waals surface area contributed by atoms with Crippen LogP contribution in [0.15, 0.2) is 35.0 Å². The molecule has 1 fully saturated rings. The van der Waals surface area contributed by atoms with E-state index in [2.05, 4.69) is 16.4 Å². The van der Waals surface area contributed by atoms with E-state index < -0.39 is 0 Å². The Hall–Kier alpha value is -3.11. The Morgan fingerprint density at radius 3 is 2.49 bits per heavy atom. The molecule has 1 N–H and O–H groups in total. The number of nitrogens with zero attached hydrogens (tertiary/aromatic N) is 2. The largest absolute Gasteiger partial charge is 0.493 e. The third-order valence-corrected chi connectivity index (χ3v) is 8.00. The molecule has 0 spiro atoms. The van der Waals surface area contributed by atoms with Gasteiger partial charge in [0.15, 0.2) is 11.5 Å². The molecule has 186 valence electrons. The molecular weight excluding hydrogens is 486 g/mol. The van der Waals surface area contributed by atoms with Gasteiger partial charge in [0.1, 0.15) is 5.69 Å². The molecule has 0 atom stereocenters. The van der Waals surface area contributed by atoms with Gasteiger partial charge in [-0.15, -0.1) is 22.7 Å². The molecule has 0 radical (unpaired) electrons. The summed E-state index contributed by atoms with van der Waals surface area (Å²) in [7, 11) is 4.58. The van der Waals surface area contributed by atoms with Gasteiger partial charge in [-0.05, 0) is 42.8 Å². The molecule has 0 saturated carbocycles. The predicted molar refractivity (Wildman–Crippen MR) is 136 cm³/mol. The molecule has 0 aliphatic carbocycles. The highest BCUT2D eigenvalue weighted by molar-refractivity contribution is 7.10. The second kappa shape index (κ2) is 11.5.